The van der Waals surface area contributed by atoms with Crippen molar-refractivity contribution in [2.45, 2.75) is 38.5 Å². The third kappa shape index (κ3) is 4.51. The summed E-state index contributed by atoms with van der Waals surface area (Å²) in [4.78, 5) is 6.03. The molecule has 0 bridgehead atoms. The molecule has 0 radical (unpaired) electrons. The molecular weight excluding hydrogens is 327 g/mol. The van der Waals surface area contributed by atoms with Crippen molar-refractivity contribution in [2.75, 3.05) is 18.0 Å². The molecule has 1 fully saturated rings. The van der Waals surface area contributed by atoms with E-state index in [1.54, 1.807) is 0 Å². The highest BCUT2D eigenvalue weighted by atomic mass is 19.4. The number of hydrogen-bond donors (Lipinski definition) is 1. The molecule has 1 aliphatic rings. The maximum Gasteiger partial charge on any atom is 0.417 e. The van der Waals surface area contributed by atoms with E-state index in [-0.39, 0.29) is 0 Å². The van der Waals surface area contributed by atoms with Crippen molar-refractivity contribution in [1.29, 1.82) is 0 Å². The molecule has 3 rings (SSSR count). The number of anilines is 1. The van der Waals surface area contributed by atoms with Gasteiger partial charge in [-0.2, -0.15) is 13.2 Å². The van der Waals surface area contributed by atoms with Crippen LogP contribution in [0.2, 0.25) is 0 Å². The molecule has 25 heavy (non-hydrogen) atoms. The Kier molecular flexibility index (Phi) is 5.27. The average molecular weight is 349 g/mol. The molecule has 0 saturated carbocycles. The van der Waals surface area contributed by atoms with Gasteiger partial charge in [0, 0.05) is 31.9 Å². The first kappa shape index (κ1) is 17.7. The summed E-state index contributed by atoms with van der Waals surface area (Å²) in [7, 11) is 0. The average Bonchev–Trinajstić information content (AvgIpc) is 2.61. The largest absolute Gasteiger partial charge is 0.417 e. The second-order valence-corrected chi connectivity index (χ2v) is 6.47. The molecule has 0 atom stereocenters. The van der Waals surface area contributed by atoms with E-state index >= 15 is 0 Å². The molecule has 134 valence electrons. The van der Waals surface area contributed by atoms with Crippen LogP contribution in [0.3, 0.4) is 0 Å². The maximum absolute atomic E-state index is 12.6. The fourth-order valence-electron chi connectivity index (χ4n) is 3.12. The van der Waals surface area contributed by atoms with Gasteiger partial charge in [0.05, 0.1) is 5.56 Å². The second kappa shape index (κ2) is 7.44. The zero-order valence-electron chi connectivity index (χ0n) is 14.2. The van der Waals surface area contributed by atoms with Crippen LogP contribution < -0.4 is 10.2 Å². The molecule has 1 aromatic carbocycles. The Bertz CT molecular complexity index is 690. The summed E-state index contributed by atoms with van der Waals surface area (Å²) in [5.41, 5.74) is 1.88. The predicted molar refractivity (Wildman–Crippen MR) is 92.5 cm³/mol. The number of alkyl halides is 3. The van der Waals surface area contributed by atoms with Crippen molar-refractivity contribution >= 4 is 5.82 Å². The molecule has 0 amide bonds. The lowest BCUT2D eigenvalue weighted by Gasteiger charge is -2.33. The molecule has 1 N–H and O–H groups in total. The highest BCUT2D eigenvalue weighted by Crippen LogP contribution is 2.29. The van der Waals surface area contributed by atoms with Gasteiger partial charge in [0.25, 0.3) is 0 Å². The van der Waals surface area contributed by atoms with Gasteiger partial charge in [-0.3, -0.25) is 0 Å². The van der Waals surface area contributed by atoms with Crippen LogP contribution in [0, 0.1) is 6.92 Å². The Balaban J connectivity index is 1.51. The minimum atomic E-state index is -4.34. The Labute approximate surface area is 145 Å². The molecular formula is C19H22F3N3. The fraction of sp³-hybridized carbons (Fsp3) is 0.421. The molecule has 1 saturated heterocycles. The third-order valence-electron chi connectivity index (χ3n) is 4.74. The van der Waals surface area contributed by atoms with E-state index in [1.807, 2.05) is 17.0 Å². The van der Waals surface area contributed by atoms with Crippen molar-refractivity contribution in [3.8, 4) is 0 Å². The first-order chi connectivity index (χ1) is 11.9. The van der Waals surface area contributed by atoms with Gasteiger partial charge in [0.2, 0.25) is 0 Å². The number of pyridine rings is 1. The number of hydrogen-bond acceptors (Lipinski definition) is 3. The topological polar surface area (TPSA) is 28.2 Å². The zero-order valence-corrected chi connectivity index (χ0v) is 14.2. The van der Waals surface area contributed by atoms with Crippen molar-refractivity contribution in [3.05, 3.63) is 59.3 Å². The highest BCUT2D eigenvalue weighted by molar-refractivity contribution is 5.40. The summed E-state index contributed by atoms with van der Waals surface area (Å²) in [6.45, 7) is 4.54. The number of benzene rings is 1. The Morgan fingerprint density at radius 2 is 1.84 bits per heavy atom. The van der Waals surface area contributed by atoms with E-state index in [9.17, 15) is 13.2 Å². The smallest absolute Gasteiger partial charge is 0.357 e. The van der Waals surface area contributed by atoms with Crippen LogP contribution in [0.1, 0.15) is 29.5 Å². The number of rotatable bonds is 4. The number of halogens is 3. The quantitative estimate of drug-likeness (QED) is 0.898. The van der Waals surface area contributed by atoms with Gasteiger partial charge in [-0.15, -0.1) is 0 Å². The molecule has 3 nitrogen and oxygen atoms in total. The summed E-state index contributed by atoms with van der Waals surface area (Å²) in [5, 5.41) is 3.58. The minimum absolute atomic E-state index is 0.422. The standard InChI is InChI=1S/C19H22F3N3/c1-14-4-2-3-5-15(14)12-23-17-8-10-25(11-9-17)18-7-6-16(13-24-18)19(20,21)22/h2-7,13,17,23H,8-12H2,1H3. The van der Waals surface area contributed by atoms with Crippen LogP contribution in [0.4, 0.5) is 19.0 Å². The molecule has 0 spiro atoms. The van der Waals surface area contributed by atoms with Gasteiger partial charge in [0.1, 0.15) is 5.82 Å². The van der Waals surface area contributed by atoms with Crippen LogP contribution in [-0.2, 0) is 12.7 Å². The molecule has 2 aromatic rings. The van der Waals surface area contributed by atoms with E-state index in [2.05, 4.69) is 29.4 Å². The second-order valence-electron chi connectivity index (χ2n) is 6.47. The highest BCUT2D eigenvalue weighted by Gasteiger charge is 2.31. The van der Waals surface area contributed by atoms with Crippen molar-refractivity contribution in [1.82, 2.24) is 10.3 Å². The van der Waals surface area contributed by atoms with Gasteiger partial charge in [0.15, 0.2) is 0 Å². The molecule has 1 aliphatic heterocycles. The number of aromatic nitrogens is 1. The van der Waals surface area contributed by atoms with E-state index in [0.29, 0.717) is 11.9 Å². The molecule has 0 aliphatic carbocycles. The van der Waals surface area contributed by atoms with Crippen LogP contribution in [0.5, 0.6) is 0 Å². The number of aryl methyl sites for hydroxylation is 1. The van der Waals surface area contributed by atoms with Crippen LogP contribution in [0.25, 0.3) is 0 Å². The Morgan fingerprint density at radius 1 is 1.12 bits per heavy atom. The molecule has 6 heteroatoms. The lowest BCUT2D eigenvalue weighted by atomic mass is 10.0. The normalized spacial score (nSPS) is 16.2. The summed E-state index contributed by atoms with van der Waals surface area (Å²) in [6.07, 6.45) is -1.51. The molecule has 2 heterocycles. The van der Waals surface area contributed by atoms with Gasteiger partial charge in [-0.25, -0.2) is 4.98 Å². The fourth-order valence-corrected chi connectivity index (χ4v) is 3.12. The monoisotopic (exact) mass is 349 g/mol. The number of piperidine rings is 1. The first-order valence-corrected chi connectivity index (χ1v) is 8.49. The third-order valence-corrected chi connectivity index (χ3v) is 4.74. The lowest BCUT2D eigenvalue weighted by Crippen LogP contribution is -2.42. The zero-order chi connectivity index (χ0) is 17.9. The summed E-state index contributed by atoms with van der Waals surface area (Å²) in [5.74, 6) is 0.616. The summed E-state index contributed by atoms with van der Waals surface area (Å²) in [6, 6.07) is 11.3. The van der Waals surface area contributed by atoms with E-state index < -0.39 is 11.7 Å². The van der Waals surface area contributed by atoms with Gasteiger partial charge < -0.3 is 10.2 Å². The van der Waals surface area contributed by atoms with E-state index in [1.165, 1.54) is 17.2 Å². The Hall–Kier alpha value is -2.08. The van der Waals surface area contributed by atoms with E-state index in [4.69, 9.17) is 0 Å². The van der Waals surface area contributed by atoms with Crippen molar-refractivity contribution in [2.24, 2.45) is 0 Å². The van der Waals surface area contributed by atoms with Gasteiger partial charge in [-0.1, -0.05) is 24.3 Å². The van der Waals surface area contributed by atoms with Crippen LogP contribution in [0.15, 0.2) is 42.6 Å². The maximum atomic E-state index is 12.6. The predicted octanol–water partition coefficient (Wildman–Crippen LogP) is 4.17. The summed E-state index contributed by atoms with van der Waals surface area (Å²) < 4.78 is 37.8. The first-order valence-electron chi connectivity index (χ1n) is 8.49. The molecule has 0 unspecified atom stereocenters. The van der Waals surface area contributed by atoms with Crippen LogP contribution in [-0.4, -0.2) is 24.1 Å². The number of nitrogens with one attached hydrogen (secondary N) is 1. The SMILES string of the molecule is Cc1ccccc1CNC1CCN(c2ccc(C(F)(F)F)cn2)CC1. The van der Waals surface area contributed by atoms with Crippen molar-refractivity contribution < 1.29 is 13.2 Å². The van der Waals surface area contributed by atoms with Gasteiger partial charge >= 0.3 is 6.18 Å². The van der Waals surface area contributed by atoms with E-state index in [0.717, 1.165) is 44.7 Å². The Morgan fingerprint density at radius 3 is 2.44 bits per heavy atom. The lowest BCUT2D eigenvalue weighted by molar-refractivity contribution is -0.137. The minimum Gasteiger partial charge on any atom is -0.357 e. The van der Waals surface area contributed by atoms with Crippen molar-refractivity contribution in [3.63, 3.8) is 0 Å². The summed E-state index contributed by atoms with van der Waals surface area (Å²) >= 11 is 0. The van der Waals surface area contributed by atoms with Gasteiger partial charge in [-0.05, 0) is 43.0 Å². The molecule has 1 aromatic heterocycles. The van der Waals surface area contributed by atoms with Crippen LogP contribution >= 0.6 is 0 Å². The number of nitrogens with zero attached hydrogens (tertiary/aromatic N) is 2.